The van der Waals surface area contributed by atoms with Crippen LogP contribution in [0.5, 0.6) is 0 Å². The number of pyridine rings is 1. The first-order valence-electron chi connectivity index (χ1n) is 12.7. The first-order valence-corrected chi connectivity index (χ1v) is 12.7. The quantitative estimate of drug-likeness (QED) is 0.179. The maximum atomic E-state index is 13.3. The Labute approximate surface area is 207 Å². The zero-order valence-corrected chi connectivity index (χ0v) is 20.6. The second-order valence-electron chi connectivity index (χ2n) is 9.44. The van der Waals surface area contributed by atoms with Gasteiger partial charge in [-0.3, -0.25) is 14.1 Å². The van der Waals surface area contributed by atoms with Gasteiger partial charge in [0, 0.05) is 35.8 Å². The fourth-order valence-electron chi connectivity index (χ4n) is 5.05. The van der Waals surface area contributed by atoms with E-state index in [2.05, 4.69) is 28.6 Å². The van der Waals surface area contributed by atoms with E-state index in [-0.39, 0.29) is 5.69 Å². The lowest BCUT2D eigenvalue weighted by molar-refractivity contribution is 0.450. The van der Waals surface area contributed by atoms with E-state index in [9.17, 15) is 4.79 Å². The summed E-state index contributed by atoms with van der Waals surface area (Å²) < 4.78 is 3.85. The van der Waals surface area contributed by atoms with Crippen molar-refractivity contribution in [1.29, 1.82) is 0 Å². The first-order chi connectivity index (χ1) is 17.1. The van der Waals surface area contributed by atoms with Crippen LogP contribution in [0.15, 0.2) is 58.7 Å². The smallest absolute Gasteiger partial charge is 0.321 e. The number of hydrogen-bond acceptors (Lipinski definition) is 5. The number of benzene rings is 1. The van der Waals surface area contributed by atoms with Crippen molar-refractivity contribution in [1.82, 2.24) is 19.5 Å². The second-order valence-corrected chi connectivity index (χ2v) is 9.44. The van der Waals surface area contributed by atoms with Crippen LogP contribution >= 0.6 is 0 Å². The molecule has 186 valence electrons. The van der Waals surface area contributed by atoms with Gasteiger partial charge in [0.25, 0.3) is 0 Å². The number of aryl methyl sites for hydroxylation is 2. The molecule has 0 spiro atoms. The molecule has 0 aliphatic heterocycles. The van der Waals surface area contributed by atoms with E-state index in [4.69, 9.17) is 11.7 Å². The van der Waals surface area contributed by atoms with Crippen LogP contribution in [0.3, 0.4) is 0 Å². The minimum Gasteiger partial charge on any atom is -0.321 e. The third-order valence-corrected chi connectivity index (χ3v) is 7.06. The average Bonchev–Trinajstić information content (AvgIpc) is 3.51. The van der Waals surface area contributed by atoms with Gasteiger partial charge in [-0.25, -0.2) is 10.6 Å². The molecule has 2 heterocycles. The van der Waals surface area contributed by atoms with E-state index >= 15 is 0 Å². The standard InChI is InChI=1S/C27H37N7O/c1-2-3-10-22-19-33(16-15-20-8-4-5-9-20)27(35)34(22)18-21-13-14-25(30-17-21)23-11-6-7-12-24(23)26(31-28)32-29/h6-7,11-14,17,19-20H,2-5,8-10,15-16,18,28-29H2,1H3,(H,31,32). The lowest BCUT2D eigenvalue weighted by Crippen LogP contribution is -2.32. The van der Waals surface area contributed by atoms with Crippen molar-refractivity contribution in [2.75, 3.05) is 0 Å². The molecule has 8 heteroatoms. The van der Waals surface area contributed by atoms with Crippen LogP contribution in [0.4, 0.5) is 0 Å². The van der Waals surface area contributed by atoms with E-state index in [0.717, 1.165) is 66.2 Å². The highest BCUT2D eigenvalue weighted by molar-refractivity contribution is 6.03. The molecule has 0 saturated heterocycles. The van der Waals surface area contributed by atoms with E-state index in [0.29, 0.717) is 12.4 Å². The number of hydrogen-bond donors (Lipinski definition) is 3. The van der Waals surface area contributed by atoms with Crippen LogP contribution in [-0.2, 0) is 19.5 Å². The number of unbranched alkanes of at least 4 members (excludes halogenated alkanes) is 1. The van der Waals surface area contributed by atoms with Crippen molar-refractivity contribution in [3.05, 3.63) is 76.1 Å². The van der Waals surface area contributed by atoms with Crippen molar-refractivity contribution in [3.8, 4) is 11.3 Å². The molecule has 0 amide bonds. The number of nitrogens with two attached hydrogens (primary N) is 2. The first kappa shape index (κ1) is 24.7. The van der Waals surface area contributed by atoms with Gasteiger partial charge < -0.3 is 11.3 Å². The second kappa shape index (κ2) is 11.8. The summed E-state index contributed by atoms with van der Waals surface area (Å²) in [4.78, 5) is 18.0. The van der Waals surface area contributed by atoms with Crippen molar-refractivity contribution in [2.24, 2.45) is 22.7 Å². The van der Waals surface area contributed by atoms with Gasteiger partial charge in [0.2, 0.25) is 0 Å². The van der Waals surface area contributed by atoms with Gasteiger partial charge in [-0.15, -0.1) is 0 Å². The molecule has 8 nitrogen and oxygen atoms in total. The summed E-state index contributed by atoms with van der Waals surface area (Å²) in [5.74, 6) is 12.2. The molecular weight excluding hydrogens is 438 g/mol. The summed E-state index contributed by atoms with van der Waals surface area (Å²) in [5, 5.41) is 3.74. The molecule has 5 N–H and O–H groups in total. The zero-order chi connectivity index (χ0) is 24.6. The zero-order valence-electron chi connectivity index (χ0n) is 20.6. The lowest BCUT2D eigenvalue weighted by atomic mass is 10.0. The van der Waals surface area contributed by atoms with Gasteiger partial charge >= 0.3 is 5.69 Å². The molecule has 3 aromatic rings. The maximum Gasteiger partial charge on any atom is 0.328 e. The van der Waals surface area contributed by atoms with Crippen LogP contribution in [0, 0.1) is 5.92 Å². The Morgan fingerprint density at radius 1 is 1.20 bits per heavy atom. The van der Waals surface area contributed by atoms with Crippen LogP contribution in [0.1, 0.15) is 68.7 Å². The van der Waals surface area contributed by atoms with E-state index in [1.807, 2.05) is 51.7 Å². The highest BCUT2D eigenvalue weighted by atomic mass is 16.1. The number of imidazole rings is 1. The Morgan fingerprint density at radius 3 is 2.69 bits per heavy atom. The van der Waals surface area contributed by atoms with Crippen LogP contribution in [-0.4, -0.2) is 20.0 Å². The van der Waals surface area contributed by atoms with Gasteiger partial charge in [0.15, 0.2) is 5.84 Å². The molecule has 1 aliphatic rings. The topological polar surface area (TPSA) is 116 Å². The van der Waals surface area contributed by atoms with Crippen molar-refractivity contribution in [2.45, 2.75) is 71.4 Å². The molecule has 0 unspecified atom stereocenters. The van der Waals surface area contributed by atoms with Crippen LogP contribution in [0.2, 0.25) is 0 Å². The molecule has 35 heavy (non-hydrogen) atoms. The monoisotopic (exact) mass is 475 g/mol. The molecule has 1 fully saturated rings. The molecule has 1 aliphatic carbocycles. The third kappa shape index (κ3) is 5.82. The van der Waals surface area contributed by atoms with E-state index < -0.39 is 0 Å². The molecule has 0 atom stereocenters. The fourth-order valence-corrected chi connectivity index (χ4v) is 5.05. The summed E-state index contributed by atoms with van der Waals surface area (Å²) >= 11 is 0. The van der Waals surface area contributed by atoms with Gasteiger partial charge in [-0.05, 0) is 36.8 Å². The molecule has 4 rings (SSSR count). The number of rotatable bonds is 10. The summed E-state index contributed by atoms with van der Waals surface area (Å²) in [5.41, 5.74) is 7.15. The van der Waals surface area contributed by atoms with Gasteiger partial charge in [-0.2, -0.15) is 5.10 Å². The Hall–Kier alpha value is -3.39. The summed E-state index contributed by atoms with van der Waals surface area (Å²) in [7, 11) is 0. The largest absolute Gasteiger partial charge is 0.328 e. The molecular formula is C27H37N7O. The highest BCUT2D eigenvalue weighted by Gasteiger charge is 2.17. The third-order valence-electron chi connectivity index (χ3n) is 7.06. The van der Waals surface area contributed by atoms with Gasteiger partial charge in [-0.1, -0.05) is 69.4 Å². The van der Waals surface area contributed by atoms with Crippen molar-refractivity contribution < 1.29 is 0 Å². The van der Waals surface area contributed by atoms with Gasteiger partial charge in [0.1, 0.15) is 0 Å². The SMILES string of the molecule is CCCCc1cn(CCC2CCCC2)c(=O)n1Cc1ccc(-c2ccccc2/C(=N/N)NN)nc1. The van der Waals surface area contributed by atoms with Gasteiger partial charge in [0.05, 0.1) is 12.2 Å². The van der Waals surface area contributed by atoms with E-state index in [1.165, 1.54) is 25.7 Å². The van der Waals surface area contributed by atoms with E-state index in [1.54, 1.807) is 0 Å². The molecule has 0 bridgehead atoms. The Kier molecular flexibility index (Phi) is 8.36. The van der Waals surface area contributed by atoms with Crippen LogP contribution < -0.4 is 22.8 Å². The van der Waals surface area contributed by atoms with Crippen molar-refractivity contribution >= 4 is 5.84 Å². The number of hydrazone groups is 1. The average molecular weight is 476 g/mol. The minimum atomic E-state index is 0.0846. The van der Waals surface area contributed by atoms with Crippen molar-refractivity contribution in [3.63, 3.8) is 0 Å². The minimum absolute atomic E-state index is 0.0846. The summed E-state index contributed by atoms with van der Waals surface area (Å²) in [6.07, 6.45) is 13.4. The molecule has 1 aromatic carbocycles. The lowest BCUT2D eigenvalue weighted by Gasteiger charge is -2.11. The number of aromatic nitrogens is 3. The Balaban J connectivity index is 1.55. The summed E-state index contributed by atoms with van der Waals surface area (Å²) in [6, 6.07) is 11.7. The number of amidine groups is 1. The Morgan fingerprint density at radius 2 is 2.00 bits per heavy atom. The molecule has 2 aromatic heterocycles. The molecule has 1 saturated carbocycles. The maximum absolute atomic E-state index is 13.3. The summed E-state index contributed by atoms with van der Waals surface area (Å²) in [6.45, 7) is 3.51. The predicted octanol–water partition coefficient (Wildman–Crippen LogP) is 3.77. The number of hydrazine groups is 1. The number of nitrogens with zero attached hydrogens (tertiary/aromatic N) is 4. The number of nitrogens with one attached hydrogen (secondary N) is 1. The molecule has 0 radical (unpaired) electrons. The Bertz CT molecular complexity index is 1190. The highest BCUT2D eigenvalue weighted by Crippen LogP contribution is 2.28. The van der Waals surface area contributed by atoms with Crippen LogP contribution in [0.25, 0.3) is 11.3 Å². The fraction of sp³-hybridized carbons (Fsp3) is 0.444. The normalized spacial score (nSPS) is 14.5. The predicted molar refractivity (Wildman–Crippen MR) is 141 cm³/mol.